The number of anilines is 1. The van der Waals surface area contributed by atoms with Gasteiger partial charge in [0.05, 0.1) is 15.9 Å². The number of benzene rings is 1. The van der Waals surface area contributed by atoms with Gasteiger partial charge in [-0.3, -0.25) is 10.1 Å². The molecule has 6 nitrogen and oxygen atoms in total. The van der Waals surface area contributed by atoms with Crippen LogP contribution in [0.3, 0.4) is 0 Å². The summed E-state index contributed by atoms with van der Waals surface area (Å²) < 4.78 is 0. The van der Waals surface area contributed by atoms with Gasteiger partial charge in [-0.05, 0) is 24.3 Å². The number of nitrogens with one attached hydrogen (secondary N) is 2. The van der Waals surface area contributed by atoms with Crippen LogP contribution in [0.4, 0.5) is 5.95 Å². The average molecular weight is 287 g/mol. The zero-order valence-electron chi connectivity index (χ0n) is 10.1. The zero-order chi connectivity index (χ0) is 14.1. The minimum absolute atomic E-state index is 0.125. The maximum atomic E-state index is 12.0. The summed E-state index contributed by atoms with van der Waals surface area (Å²) in [5, 5.41) is 11.4. The SMILES string of the molecule is O=C(O)c1ccc(C(=O)Nc2nc3ccccc3[nH]2)s1. The number of carbonyl (C=O) groups excluding carboxylic acids is 1. The summed E-state index contributed by atoms with van der Waals surface area (Å²) in [6.07, 6.45) is 0. The van der Waals surface area contributed by atoms with Gasteiger partial charge in [0.2, 0.25) is 5.95 Å². The summed E-state index contributed by atoms with van der Waals surface area (Å²) in [7, 11) is 0. The number of aromatic amines is 1. The van der Waals surface area contributed by atoms with Gasteiger partial charge in [-0.2, -0.15) is 0 Å². The van der Waals surface area contributed by atoms with E-state index in [1.807, 2.05) is 24.3 Å². The van der Waals surface area contributed by atoms with Crippen LogP contribution in [0.25, 0.3) is 11.0 Å². The lowest BCUT2D eigenvalue weighted by atomic mass is 10.3. The number of hydrogen-bond acceptors (Lipinski definition) is 4. The Kier molecular flexibility index (Phi) is 2.96. The molecule has 20 heavy (non-hydrogen) atoms. The molecule has 3 aromatic rings. The first kappa shape index (κ1) is 12.4. The van der Waals surface area contributed by atoms with Crippen LogP contribution in [0.5, 0.6) is 0 Å². The molecule has 0 fully saturated rings. The maximum Gasteiger partial charge on any atom is 0.345 e. The highest BCUT2D eigenvalue weighted by Gasteiger charge is 2.14. The fourth-order valence-electron chi connectivity index (χ4n) is 1.76. The van der Waals surface area contributed by atoms with Gasteiger partial charge in [0.25, 0.3) is 5.91 Å². The second kappa shape index (κ2) is 4.78. The maximum absolute atomic E-state index is 12.0. The molecular weight excluding hydrogens is 278 g/mol. The van der Waals surface area contributed by atoms with E-state index in [0.29, 0.717) is 10.8 Å². The van der Waals surface area contributed by atoms with Gasteiger partial charge in [-0.15, -0.1) is 11.3 Å². The van der Waals surface area contributed by atoms with E-state index in [9.17, 15) is 9.59 Å². The third kappa shape index (κ3) is 2.26. The number of carboxylic acid groups (broad SMARTS) is 1. The topological polar surface area (TPSA) is 95.1 Å². The van der Waals surface area contributed by atoms with Crippen LogP contribution >= 0.6 is 11.3 Å². The van der Waals surface area contributed by atoms with Crippen LogP contribution in [0.2, 0.25) is 0 Å². The number of carboxylic acids is 1. The molecule has 2 aromatic heterocycles. The summed E-state index contributed by atoms with van der Waals surface area (Å²) >= 11 is 0.922. The average Bonchev–Trinajstić information content (AvgIpc) is 3.04. The van der Waals surface area contributed by atoms with E-state index in [-0.39, 0.29) is 10.8 Å². The zero-order valence-corrected chi connectivity index (χ0v) is 10.9. The molecule has 3 N–H and O–H groups in total. The number of carbonyl (C=O) groups is 2. The number of thiophene rings is 1. The molecule has 0 bridgehead atoms. The first-order valence-electron chi connectivity index (χ1n) is 5.73. The van der Waals surface area contributed by atoms with Crippen LogP contribution in [-0.4, -0.2) is 27.0 Å². The number of aromatic nitrogens is 2. The normalized spacial score (nSPS) is 10.6. The number of aromatic carboxylic acids is 1. The van der Waals surface area contributed by atoms with Crippen LogP contribution in [0.1, 0.15) is 19.3 Å². The summed E-state index contributed by atoms with van der Waals surface area (Å²) in [6, 6.07) is 10.3. The molecule has 1 amide bonds. The summed E-state index contributed by atoms with van der Waals surface area (Å²) in [5.41, 5.74) is 1.57. The first-order chi connectivity index (χ1) is 9.63. The second-order valence-electron chi connectivity index (χ2n) is 4.03. The third-order valence-corrected chi connectivity index (χ3v) is 3.73. The minimum atomic E-state index is -1.04. The molecule has 0 saturated heterocycles. The van der Waals surface area contributed by atoms with Crippen molar-refractivity contribution in [3.63, 3.8) is 0 Å². The second-order valence-corrected chi connectivity index (χ2v) is 5.11. The molecule has 1 aromatic carbocycles. The van der Waals surface area contributed by atoms with Gasteiger partial charge >= 0.3 is 5.97 Å². The van der Waals surface area contributed by atoms with Crippen molar-refractivity contribution in [2.45, 2.75) is 0 Å². The number of rotatable bonds is 3. The van der Waals surface area contributed by atoms with Crippen molar-refractivity contribution in [3.8, 4) is 0 Å². The van der Waals surface area contributed by atoms with Gasteiger partial charge in [0.1, 0.15) is 4.88 Å². The summed E-state index contributed by atoms with van der Waals surface area (Å²) in [4.78, 5) is 30.4. The van der Waals surface area contributed by atoms with Crippen LogP contribution in [0.15, 0.2) is 36.4 Å². The van der Waals surface area contributed by atoms with E-state index in [1.54, 1.807) is 0 Å². The van der Waals surface area contributed by atoms with Crippen molar-refractivity contribution in [2.24, 2.45) is 0 Å². The highest BCUT2D eigenvalue weighted by molar-refractivity contribution is 7.15. The van der Waals surface area contributed by atoms with E-state index in [0.717, 1.165) is 22.4 Å². The largest absolute Gasteiger partial charge is 0.477 e. The molecule has 0 atom stereocenters. The van der Waals surface area contributed by atoms with E-state index < -0.39 is 5.97 Å². The Labute approximate surface area is 117 Å². The van der Waals surface area contributed by atoms with Crippen molar-refractivity contribution in [1.82, 2.24) is 9.97 Å². The minimum Gasteiger partial charge on any atom is -0.477 e. The predicted molar refractivity (Wildman–Crippen MR) is 75.3 cm³/mol. The Morgan fingerprint density at radius 3 is 2.60 bits per heavy atom. The molecule has 0 spiro atoms. The third-order valence-electron chi connectivity index (χ3n) is 2.66. The predicted octanol–water partition coefficient (Wildman–Crippen LogP) is 2.57. The lowest BCUT2D eigenvalue weighted by Crippen LogP contribution is -2.11. The van der Waals surface area contributed by atoms with Crippen molar-refractivity contribution in [1.29, 1.82) is 0 Å². The number of hydrogen-bond donors (Lipinski definition) is 3. The van der Waals surface area contributed by atoms with Crippen molar-refractivity contribution >= 4 is 40.2 Å². The van der Waals surface area contributed by atoms with Crippen molar-refractivity contribution in [2.75, 3.05) is 5.32 Å². The fourth-order valence-corrected chi connectivity index (χ4v) is 2.50. The van der Waals surface area contributed by atoms with E-state index in [1.165, 1.54) is 12.1 Å². The number of amides is 1. The van der Waals surface area contributed by atoms with Gasteiger partial charge in [0, 0.05) is 0 Å². The molecule has 2 heterocycles. The lowest BCUT2D eigenvalue weighted by molar-refractivity contribution is 0.0702. The Morgan fingerprint density at radius 2 is 1.90 bits per heavy atom. The molecule has 0 aliphatic rings. The van der Waals surface area contributed by atoms with Crippen LogP contribution in [0, 0.1) is 0 Å². The van der Waals surface area contributed by atoms with Crippen LogP contribution < -0.4 is 5.32 Å². The van der Waals surface area contributed by atoms with Gasteiger partial charge < -0.3 is 10.1 Å². The van der Waals surface area contributed by atoms with Crippen molar-refractivity contribution in [3.05, 3.63) is 46.2 Å². The van der Waals surface area contributed by atoms with Gasteiger partial charge in [-0.25, -0.2) is 9.78 Å². The molecule has 0 aliphatic carbocycles. The molecule has 100 valence electrons. The van der Waals surface area contributed by atoms with E-state index in [2.05, 4.69) is 15.3 Å². The van der Waals surface area contributed by atoms with Gasteiger partial charge in [0.15, 0.2) is 0 Å². The number of nitrogens with zero attached hydrogens (tertiary/aromatic N) is 1. The van der Waals surface area contributed by atoms with Gasteiger partial charge in [-0.1, -0.05) is 12.1 Å². The number of H-pyrrole nitrogens is 1. The molecule has 0 saturated carbocycles. The standard InChI is InChI=1S/C13H9N3O3S/c17-11(9-5-6-10(20-9)12(18)19)16-13-14-7-3-1-2-4-8(7)15-13/h1-6H,(H,18,19)(H2,14,15,16,17). The Hall–Kier alpha value is -2.67. The molecule has 0 aliphatic heterocycles. The molecule has 0 unspecified atom stereocenters. The monoisotopic (exact) mass is 287 g/mol. The summed E-state index contributed by atoms with van der Waals surface area (Å²) in [6.45, 7) is 0. The molecule has 0 radical (unpaired) electrons. The lowest BCUT2D eigenvalue weighted by Gasteiger charge is -1.97. The Morgan fingerprint density at radius 1 is 1.15 bits per heavy atom. The summed E-state index contributed by atoms with van der Waals surface area (Å²) in [5.74, 6) is -1.10. The highest BCUT2D eigenvalue weighted by Crippen LogP contribution is 2.19. The van der Waals surface area contributed by atoms with Crippen LogP contribution in [-0.2, 0) is 0 Å². The number of para-hydroxylation sites is 2. The Bertz CT molecular complexity index is 773. The van der Waals surface area contributed by atoms with E-state index >= 15 is 0 Å². The number of fused-ring (bicyclic) bond motifs is 1. The quantitative estimate of drug-likeness (QED) is 0.690. The van der Waals surface area contributed by atoms with Crippen molar-refractivity contribution < 1.29 is 14.7 Å². The number of imidazole rings is 1. The Balaban J connectivity index is 1.82. The molecular formula is C13H9N3O3S. The fraction of sp³-hybridized carbons (Fsp3) is 0. The highest BCUT2D eigenvalue weighted by atomic mass is 32.1. The van der Waals surface area contributed by atoms with E-state index in [4.69, 9.17) is 5.11 Å². The first-order valence-corrected chi connectivity index (χ1v) is 6.54. The smallest absolute Gasteiger partial charge is 0.345 e. The molecule has 3 rings (SSSR count). The molecule has 7 heteroatoms.